The fourth-order valence-corrected chi connectivity index (χ4v) is 11.3. The van der Waals surface area contributed by atoms with Gasteiger partial charge >= 0.3 is 0 Å². The van der Waals surface area contributed by atoms with Crippen LogP contribution in [0.15, 0.2) is 194 Å². The summed E-state index contributed by atoms with van der Waals surface area (Å²) in [6.07, 6.45) is 0. The molecule has 5 nitrogen and oxygen atoms in total. The lowest BCUT2D eigenvalue weighted by atomic mass is 9.97. The highest BCUT2D eigenvalue weighted by Gasteiger charge is 2.32. The van der Waals surface area contributed by atoms with Crippen LogP contribution < -0.4 is 0 Å². The van der Waals surface area contributed by atoms with Crippen molar-refractivity contribution in [2.45, 2.75) is 0 Å². The third-order valence-electron chi connectivity index (χ3n) is 14.2. The van der Waals surface area contributed by atoms with Gasteiger partial charge in [0.15, 0.2) is 23.3 Å². The van der Waals surface area contributed by atoms with Gasteiger partial charge in [-0.2, -0.15) is 5.26 Å². The molecule has 336 valence electrons. The summed E-state index contributed by atoms with van der Waals surface area (Å²) in [5.74, 6) is -10.5. The van der Waals surface area contributed by atoms with Gasteiger partial charge in [0.1, 0.15) is 6.07 Å². The molecule has 0 aliphatic heterocycles. The van der Waals surface area contributed by atoms with Gasteiger partial charge in [-0.05, 0) is 60.7 Å². The Morgan fingerprint density at radius 1 is 0.310 bits per heavy atom. The molecule has 71 heavy (non-hydrogen) atoms. The van der Waals surface area contributed by atoms with E-state index < -0.39 is 34.6 Å². The van der Waals surface area contributed by atoms with Crippen molar-refractivity contribution >= 4 is 87.2 Å². The van der Waals surface area contributed by atoms with E-state index in [-0.39, 0.29) is 22.5 Å². The molecule has 10 heteroatoms. The van der Waals surface area contributed by atoms with Gasteiger partial charge in [0.25, 0.3) is 0 Å². The van der Waals surface area contributed by atoms with Crippen LogP contribution in [0.3, 0.4) is 0 Å². The van der Waals surface area contributed by atoms with Gasteiger partial charge < -0.3 is 18.3 Å². The van der Waals surface area contributed by atoms with Crippen molar-refractivity contribution < 1.29 is 22.0 Å². The molecule has 0 radical (unpaired) electrons. The van der Waals surface area contributed by atoms with E-state index in [9.17, 15) is 5.26 Å². The molecule has 0 bridgehead atoms. The fraction of sp³-hybridized carbons (Fsp3) is 0. The van der Waals surface area contributed by atoms with Crippen LogP contribution >= 0.6 is 0 Å². The molecule has 4 aromatic heterocycles. The fourth-order valence-electron chi connectivity index (χ4n) is 11.3. The van der Waals surface area contributed by atoms with Crippen LogP contribution in [0.25, 0.3) is 121 Å². The zero-order valence-corrected chi connectivity index (χ0v) is 37.1. The van der Waals surface area contributed by atoms with E-state index >= 15 is 22.0 Å². The Hall–Kier alpha value is -9.46. The predicted octanol–water partition coefficient (Wildman–Crippen LogP) is 16.3. The molecule has 0 saturated carbocycles. The lowest BCUT2D eigenvalue weighted by molar-refractivity contribution is 0.381. The first-order valence-corrected chi connectivity index (χ1v) is 23.0. The number of benzene rings is 10. The van der Waals surface area contributed by atoms with Crippen LogP contribution in [0, 0.1) is 40.4 Å². The quantitative estimate of drug-likeness (QED) is 0.0963. The summed E-state index contributed by atoms with van der Waals surface area (Å²) in [5.41, 5.74) is 6.34. The molecule has 0 amide bonds. The highest BCUT2D eigenvalue weighted by atomic mass is 19.2. The minimum absolute atomic E-state index is 0.0291. The highest BCUT2D eigenvalue weighted by Crippen LogP contribution is 2.47. The molecule has 0 aliphatic rings. The molecule has 14 aromatic rings. The smallest absolute Gasteiger partial charge is 0.200 e. The number of nitrogens with zero attached hydrogens (tertiary/aromatic N) is 5. The lowest BCUT2D eigenvalue weighted by Gasteiger charge is -2.20. The Morgan fingerprint density at radius 2 is 0.634 bits per heavy atom. The first-order valence-electron chi connectivity index (χ1n) is 23.0. The molecular formula is C61H32F5N5. The number of halogens is 5. The Balaban J connectivity index is 1.20. The molecule has 10 aromatic carbocycles. The highest BCUT2D eigenvalue weighted by molar-refractivity contribution is 6.25. The maximum Gasteiger partial charge on any atom is 0.200 e. The minimum Gasteiger partial charge on any atom is -0.307 e. The number of fused-ring (bicyclic) bond motifs is 14. The largest absolute Gasteiger partial charge is 0.307 e. The topological polar surface area (TPSA) is 43.5 Å². The van der Waals surface area contributed by atoms with E-state index in [2.05, 4.69) is 21.3 Å². The van der Waals surface area contributed by atoms with Crippen molar-refractivity contribution in [3.05, 3.63) is 229 Å². The van der Waals surface area contributed by atoms with Gasteiger partial charge in [-0.15, -0.1) is 0 Å². The van der Waals surface area contributed by atoms with Crippen LogP contribution in [-0.4, -0.2) is 18.3 Å². The van der Waals surface area contributed by atoms with Gasteiger partial charge in [-0.25, -0.2) is 22.0 Å². The second kappa shape index (κ2) is 15.0. The third kappa shape index (κ3) is 5.48. The van der Waals surface area contributed by atoms with E-state index in [0.717, 1.165) is 76.5 Å². The molecule has 0 spiro atoms. The molecule has 0 unspecified atom stereocenters. The molecule has 0 N–H and O–H groups in total. The zero-order chi connectivity index (χ0) is 47.8. The lowest BCUT2D eigenvalue weighted by Crippen LogP contribution is -2.09. The van der Waals surface area contributed by atoms with Crippen LogP contribution in [0.4, 0.5) is 22.0 Å². The summed E-state index contributed by atoms with van der Waals surface area (Å²) in [5, 5.41) is 18.3. The maximum atomic E-state index is 16.9. The first-order chi connectivity index (χ1) is 34.8. The van der Waals surface area contributed by atoms with Crippen molar-refractivity contribution in [1.82, 2.24) is 18.3 Å². The van der Waals surface area contributed by atoms with Crippen molar-refractivity contribution in [2.24, 2.45) is 0 Å². The number of hydrogen-bond acceptors (Lipinski definition) is 1. The molecular weight excluding hydrogens is 898 g/mol. The summed E-state index contributed by atoms with van der Waals surface area (Å²) in [6.45, 7) is 0. The summed E-state index contributed by atoms with van der Waals surface area (Å²) in [7, 11) is 0. The van der Waals surface area contributed by atoms with Crippen LogP contribution in [0.5, 0.6) is 0 Å². The molecule has 0 atom stereocenters. The Bertz CT molecular complexity index is 4620. The number of para-hydroxylation sites is 6. The number of rotatable bonds is 5. The van der Waals surface area contributed by atoms with Crippen molar-refractivity contribution in [1.29, 1.82) is 5.26 Å². The van der Waals surface area contributed by atoms with Crippen LogP contribution in [-0.2, 0) is 0 Å². The Kier molecular flexibility index (Phi) is 8.59. The predicted molar refractivity (Wildman–Crippen MR) is 274 cm³/mol. The van der Waals surface area contributed by atoms with Gasteiger partial charge in [-0.1, -0.05) is 133 Å². The number of nitriles is 1. The summed E-state index contributed by atoms with van der Waals surface area (Å²) < 4.78 is 88.7. The minimum atomic E-state index is -2.27. The maximum absolute atomic E-state index is 16.9. The third-order valence-corrected chi connectivity index (χ3v) is 14.2. The van der Waals surface area contributed by atoms with E-state index in [4.69, 9.17) is 0 Å². The van der Waals surface area contributed by atoms with Crippen LogP contribution in [0.1, 0.15) is 5.56 Å². The van der Waals surface area contributed by atoms with Gasteiger partial charge in [0, 0.05) is 60.0 Å². The second-order valence-corrected chi connectivity index (χ2v) is 17.7. The van der Waals surface area contributed by atoms with Crippen molar-refractivity contribution in [3.63, 3.8) is 0 Å². The van der Waals surface area contributed by atoms with E-state index in [0.29, 0.717) is 22.1 Å². The summed E-state index contributed by atoms with van der Waals surface area (Å²) >= 11 is 0. The van der Waals surface area contributed by atoms with E-state index in [1.165, 1.54) is 12.1 Å². The molecule has 4 heterocycles. The monoisotopic (exact) mass is 929 g/mol. The molecule has 14 rings (SSSR count). The normalized spacial score (nSPS) is 12.0. The zero-order valence-electron chi connectivity index (χ0n) is 37.1. The standard InChI is InChI=1S/C61H32F5N5/c62-53-52(54(63)56(65)57(66)55(53)64)45-32-50(70-48-25-13-9-21-39(48)43-29-27-41-37-19-7-11-23-46(37)68(58(41)60(43)70)35-15-3-1-4-16-35)34(33-67)31-51(45)71-49-26-14-10-22-40(49)44-30-28-42-38-20-8-12-24-47(38)69(59(42)61(44)71)36-17-5-2-6-18-36/h1-32H. The van der Waals surface area contributed by atoms with Gasteiger partial charge in [0.2, 0.25) is 5.82 Å². The second-order valence-electron chi connectivity index (χ2n) is 17.7. The van der Waals surface area contributed by atoms with Crippen molar-refractivity contribution in [2.75, 3.05) is 0 Å². The molecule has 0 saturated heterocycles. The molecule has 0 aliphatic carbocycles. The van der Waals surface area contributed by atoms with Gasteiger partial charge in [-0.3, -0.25) is 0 Å². The SMILES string of the molecule is N#Cc1cc(-n2c3ccccc3c3ccc4c5ccccc5n(-c5ccccc5)c4c32)c(-c2c(F)c(F)c(F)c(F)c2F)cc1-n1c2ccccc2c2ccc3c4ccccc4n(-c4ccccc4)c3c21. The number of aromatic nitrogens is 4. The Labute approximate surface area is 399 Å². The van der Waals surface area contributed by atoms with Gasteiger partial charge in [0.05, 0.1) is 66.6 Å². The summed E-state index contributed by atoms with van der Waals surface area (Å²) in [6, 6.07) is 64.3. The average Bonchev–Trinajstić information content (AvgIpc) is 4.15. The summed E-state index contributed by atoms with van der Waals surface area (Å²) in [4.78, 5) is 0. The van der Waals surface area contributed by atoms with E-state index in [1.54, 1.807) is 4.57 Å². The first kappa shape index (κ1) is 40.6. The van der Waals surface area contributed by atoms with E-state index in [1.807, 2.05) is 180 Å². The number of hydrogen-bond donors (Lipinski definition) is 0. The van der Waals surface area contributed by atoms with Crippen molar-refractivity contribution in [3.8, 4) is 39.9 Å². The average molecular weight is 930 g/mol. The molecule has 0 fully saturated rings. The Morgan fingerprint density at radius 3 is 1.03 bits per heavy atom. The van der Waals surface area contributed by atoms with Crippen LogP contribution in [0.2, 0.25) is 0 Å².